The number of halogens is 3. The molecule has 3 rings (SSSR count). The van der Waals surface area contributed by atoms with Crippen molar-refractivity contribution in [3.8, 4) is 5.75 Å². The van der Waals surface area contributed by atoms with Crippen LogP contribution in [-0.4, -0.2) is 47.8 Å². The molecule has 1 heterocycles. The van der Waals surface area contributed by atoms with Gasteiger partial charge in [0.25, 0.3) is 5.91 Å². The van der Waals surface area contributed by atoms with Crippen molar-refractivity contribution in [2.75, 3.05) is 13.2 Å². The SMILES string of the molecule is O=C(NC1CCC(NCCO)CC1)c1cnc2cc(OC(F)F)c(F)cc2c1. The fraction of sp³-hybridized carbons (Fsp3) is 0.474. The summed E-state index contributed by atoms with van der Waals surface area (Å²) in [5, 5.41) is 15.4. The summed E-state index contributed by atoms with van der Waals surface area (Å²) in [7, 11) is 0. The summed E-state index contributed by atoms with van der Waals surface area (Å²) in [6.45, 7) is -2.47. The number of carbonyl (C=O) groups excluding carboxylic acids is 1. The van der Waals surface area contributed by atoms with Crippen LogP contribution in [0, 0.1) is 5.82 Å². The van der Waals surface area contributed by atoms with Gasteiger partial charge in [-0.25, -0.2) is 4.39 Å². The van der Waals surface area contributed by atoms with E-state index in [-0.39, 0.29) is 29.6 Å². The summed E-state index contributed by atoms with van der Waals surface area (Å²) in [5.74, 6) is -1.84. The topological polar surface area (TPSA) is 83.5 Å². The maximum Gasteiger partial charge on any atom is 0.387 e. The van der Waals surface area contributed by atoms with Gasteiger partial charge in [0, 0.05) is 36.3 Å². The average Bonchev–Trinajstić information content (AvgIpc) is 2.67. The van der Waals surface area contributed by atoms with Crippen molar-refractivity contribution >= 4 is 16.8 Å². The van der Waals surface area contributed by atoms with Crippen LogP contribution in [0.4, 0.5) is 13.2 Å². The lowest BCUT2D eigenvalue weighted by Gasteiger charge is -2.29. The zero-order chi connectivity index (χ0) is 20.1. The summed E-state index contributed by atoms with van der Waals surface area (Å²) in [4.78, 5) is 16.6. The molecule has 3 N–H and O–H groups in total. The van der Waals surface area contributed by atoms with Crippen LogP contribution in [0.1, 0.15) is 36.0 Å². The zero-order valence-corrected chi connectivity index (χ0v) is 15.1. The Hall–Kier alpha value is -2.39. The molecule has 0 bridgehead atoms. The first-order valence-electron chi connectivity index (χ1n) is 9.15. The van der Waals surface area contributed by atoms with E-state index in [4.69, 9.17) is 5.11 Å². The van der Waals surface area contributed by atoms with Gasteiger partial charge in [0.15, 0.2) is 11.6 Å². The predicted octanol–water partition coefficient (Wildman–Crippen LogP) is 2.60. The second-order valence-corrected chi connectivity index (χ2v) is 6.78. The Morgan fingerprint density at radius 2 is 1.93 bits per heavy atom. The highest BCUT2D eigenvalue weighted by Crippen LogP contribution is 2.26. The fourth-order valence-corrected chi connectivity index (χ4v) is 3.42. The first-order valence-corrected chi connectivity index (χ1v) is 9.15. The van der Waals surface area contributed by atoms with Crippen LogP contribution in [0.5, 0.6) is 5.75 Å². The lowest BCUT2D eigenvalue weighted by molar-refractivity contribution is -0.0520. The molecule has 1 fully saturated rings. The van der Waals surface area contributed by atoms with Crippen LogP contribution < -0.4 is 15.4 Å². The number of fused-ring (bicyclic) bond motifs is 1. The number of aromatic nitrogens is 1. The molecule has 2 aromatic rings. The first-order chi connectivity index (χ1) is 13.5. The summed E-state index contributed by atoms with van der Waals surface area (Å²) in [5.41, 5.74) is 0.527. The average molecular weight is 397 g/mol. The van der Waals surface area contributed by atoms with Gasteiger partial charge in [-0.1, -0.05) is 0 Å². The fourth-order valence-electron chi connectivity index (χ4n) is 3.42. The van der Waals surface area contributed by atoms with Crippen molar-refractivity contribution in [2.24, 2.45) is 0 Å². The molecule has 1 aromatic heterocycles. The minimum Gasteiger partial charge on any atom is -0.432 e. The Balaban J connectivity index is 1.64. The number of ether oxygens (including phenoxy) is 1. The van der Waals surface area contributed by atoms with E-state index in [1.165, 1.54) is 12.3 Å². The van der Waals surface area contributed by atoms with E-state index in [0.29, 0.717) is 18.0 Å². The molecule has 0 radical (unpaired) electrons. The summed E-state index contributed by atoms with van der Waals surface area (Å²) in [6.07, 6.45) is 4.77. The number of carbonyl (C=O) groups is 1. The second kappa shape index (κ2) is 9.20. The van der Waals surface area contributed by atoms with E-state index < -0.39 is 18.2 Å². The van der Waals surface area contributed by atoms with Gasteiger partial charge in [0.05, 0.1) is 17.7 Å². The minimum atomic E-state index is -3.13. The molecule has 0 saturated heterocycles. The molecular weight excluding hydrogens is 375 g/mol. The Kier molecular flexibility index (Phi) is 6.69. The van der Waals surface area contributed by atoms with Gasteiger partial charge in [-0.3, -0.25) is 9.78 Å². The number of benzene rings is 1. The molecule has 9 heteroatoms. The Bertz CT molecular complexity index is 827. The summed E-state index contributed by atoms with van der Waals surface area (Å²) in [6, 6.07) is 3.96. The summed E-state index contributed by atoms with van der Waals surface area (Å²) >= 11 is 0. The van der Waals surface area contributed by atoms with Crippen LogP contribution >= 0.6 is 0 Å². The minimum absolute atomic E-state index is 0.0360. The van der Waals surface area contributed by atoms with Gasteiger partial charge in [-0.05, 0) is 37.8 Å². The normalized spacial score (nSPS) is 19.8. The van der Waals surface area contributed by atoms with Gasteiger partial charge in [0.1, 0.15) is 0 Å². The van der Waals surface area contributed by atoms with Crippen LogP contribution in [-0.2, 0) is 0 Å². The molecule has 1 aromatic carbocycles. The second-order valence-electron chi connectivity index (χ2n) is 6.78. The van der Waals surface area contributed by atoms with E-state index in [0.717, 1.165) is 37.8 Å². The van der Waals surface area contributed by atoms with Crippen molar-refractivity contribution in [1.82, 2.24) is 15.6 Å². The van der Waals surface area contributed by atoms with Gasteiger partial charge >= 0.3 is 6.61 Å². The van der Waals surface area contributed by atoms with Crippen molar-refractivity contribution in [3.63, 3.8) is 0 Å². The molecule has 0 atom stereocenters. The number of amides is 1. The van der Waals surface area contributed by atoms with Gasteiger partial charge in [0.2, 0.25) is 0 Å². The van der Waals surface area contributed by atoms with E-state index in [2.05, 4.69) is 20.4 Å². The molecular formula is C19H22F3N3O3. The van der Waals surface area contributed by atoms with Crippen LogP contribution in [0.15, 0.2) is 24.4 Å². The third-order valence-corrected chi connectivity index (χ3v) is 4.82. The van der Waals surface area contributed by atoms with E-state index in [9.17, 15) is 18.0 Å². The number of aliphatic hydroxyl groups excluding tert-OH is 1. The van der Waals surface area contributed by atoms with Crippen molar-refractivity contribution in [1.29, 1.82) is 0 Å². The highest BCUT2D eigenvalue weighted by molar-refractivity contribution is 5.97. The molecule has 0 unspecified atom stereocenters. The standard InChI is InChI=1S/C19H22F3N3O3/c20-15-8-11-7-12(10-24-16(11)9-17(15)28-19(21)22)18(27)25-14-3-1-13(2-4-14)23-5-6-26/h7-10,13-14,19,23,26H,1-6H2,(H,25,27). The zero-order valence-electron chi connectivity index (χ0n) is 15.1. The molecule has 1 saturated carbocycles. The smallest absolute Gasteiger partial charge is 0.387 e. The van der Waals surface area contributed by atoms with E-state index in [1.54, 1.807) is 0 Å². The molecule has 0 spiro atoms. The van der Waals surface area contributed by atoms with Crippen LogP contribution in [0.25, 0.3) is 10.9 Å². The molecule has 0 aliphatic heterocycles. The Labute approximate surface area is 160 Å². The molecule has 1 aliphatic carbocycles. The van der Waals surface area contributed by atoms with Crippen molar-refractivity contribution in [3.05, 3.63) is 35.8 Å². The van der Waals surface area contributed by atoms with E-state index >= 15 is 0 Å². The molecule has 152 valence electrons. The van der Waals surface area contributed by atoms with Crippen LogP contribution in [0.2, 0.25) is 0 Å². The van der Waals surface area contributed by atoms with E-state index in [1.807, 2.05) is 0 Å². The maximum atomic E-state index is 13.9. The predicted molar refractivity (Wildman–Crippen MR) is 96.9 cm³/mol. The molecule has 1 amide bonds. The maximum absolute atomic E-state index is 13.9. The Morgan fingerprint density at radius 1 is 1.21 bits per heavy atom. The van der Waals surface area contributed by atoms with Crippen molar-refractivity contribution in [2.45, 2.75) is 44.4 Å². The van der Waals surface area contributed by atoms with Gasteiger partial charge in [-0.2, -0.15) is 8.78 Å². The molecule has 28 heavy (non-hydrogen) atoms. The number of rotatable bonds is 7. The third kappa shape index (κ3) is 5.11. The number of alkyl halides is 2. The monoisotopic (exact) mass is 397 g/mol. The first kappa shape index (κ1) is 20.3. The number of hydrogen-bond donors (Lipinski definition) is 3. The van der Waals surface area contributed by atoms with Crippen LogP contribution in [0.3, 0.4) is 0 Å². The van der Waals surface area contributed by atoms with Gasteiger partial charge in [-0.15, -0.1) is 0 Å². The largest absolute Gasteiger partial charge is 0.432 e. The molecule has 6 nitrogen and oxygen atoms in total. The Morgan fingerprint density at radius 3 is 2.61 bits per heavy atom. The number of nitrogens with zero attached hydrogens (tertiary/aromatic N) is 1. The number of nitrogens with one attached hydrogen (secondary N) is 2. The summed E-state index contributed by atoms with van der Waals surface area (Å²) < 4.78 is 42.6. The number of hydrogen-bond acceptors (Lipinski definition) is 5. The lowest BCUT2D eigenvalue weighted by Crippen LogP contribution is -2.42. The quantitative estimate of drug-likeness (QED) is 0.669. The number of pyridine rings is 1. The van der Waals surface area contributed by atoms with Crippen molar-refractivity contribution < 1.29 is 27.8 Å². The van der Waals surface area contributed by atoms with Gasteiger partial charge < -0.3 is 20.5 Å². The highest BCUT2D eigenvalue weighted by Gasteiger charge is 2.22. The highest BCUT2D eigenvalue weighted by atomic mass is 19.3. The third-order valence-electron chi connectivity index (χ3n) is 4.82. The lowest BCUT2D eigenvalue weighted by atomic mass is 9.91. The number of aliphatic hydroxyl groups is 1. The molecule has 1 aliphatic rings.